The summed E-state index contributed by atoms with van der Waals surface area (Å²) in [6, 6.07) is 10.7. The van der Waals surface area contributed by atoms with Crippen LogP contribution in [-0.4, -0.2) is 67.6 Å². The first-order valence-electron chi connectivity index (χ1n) is 10.8. The van der Waals surface area contributed by atoms with Crippen LogP contribution >= 0.6 is 23.2 Å². The second-order valence-electron chi connectivity index (χ2n) is 7.84. The van der Waals surface area contributed by atoms with Gasteiger partial charge in [-0.1, -0.05) is 35.3 Å². The van der Waals surface area contributed by atoms with Gasteiger partial charge in [0.1, 0.15) is 0 Å². The number of piperazine rings is 1. The number of carbonyl (C=O) groups excluding carboxylic acids is 2. The van der Waals surface area contributed by atoms with Crippen molar-refractivity contribution in [2.24, 2.45) is 0 Å². The fourth-order valence-electron chi connectivity index (χ4n) is 3.70. The van der Waals surface area contributed by atoms with Crippen LogP contribution in [0.25, 0.3) is 6.08 Å². The van der Waals surface area contributed by atoms with E-state index in [-0.39, 0.29) is 18.4 Å². The summed E-state index contributed by atoms with van der Waals surface area (Å²) in [5.74, 6) is 0.926. The molecule has 0 saturated carbocycles. The minimum atomic E-state index is -0.131. The molecule has 0 atom stereocenters. The number of anilines is 1. The van der Waals surface area contributed by atoms with E-state index in [1.807, 2.05) is 23.1 Å². The van der Waals surface area contributed by atoms with Crippen molar-refractivity contribution in [3.63, 3.8) is 0 Å². The third kappa shape index (κ3) is 6.19. The summed E-state index contributed by atoms with van der Waals surface area (Å²) in [5, 5.41) is 3.79. The van der Waals surface area contributed by atoms with Crippen LogP contribution in [0.5, 0.6) is 11.5 Å². The summed E-state index contributed by atoms with van der Waals surface area (Å²) in [5.41, 5.74) is 1.37. The molecule has 1 fully saturated rings. The summed E-state index contributed by atoms with van der Waals surface area (Å²) >= 11 is 12.4. The van der Waals surface area contributed by atoms with Gasteiger partial charge in [0, 0.05) is 38.7 Å². The summed E-state index contributed by atoms with van der Waals surface area (Å²) in [4.78, 5) is 28.8. The molecule has 7 nitrogen and oxygen atoms in total. The van der Waals surface area contributed by atoms with Crippen molar-refractivity contribution in [1.82, 2.24) is 9.80 Å². The van der Waals surface area contributed by atoms with Gasteiger partial charge in [-0.2, -0.15) is 0 Å². The summed E-state index contributed by atoms with van der Waals surface area (Å²) in [7, 11) is 0. The minimum absolute atomic E-state index is 0.0848. The Kier molecular flexibility index (Phi) is 7.75. The Labute approximate surface area is 202 Å². The SMILES string of the molecule is O=C(CN1CCN(C(=O)/C=C/c2cc(Cl)c3c(c2)OCCCO3)CC1)Nc1ccccc1Cl. The maximum Gasteiger partial charge on any atom is 0.246 e. The lowest BCUT2D eigenvalue weighted by atomic mass is 10.1. The van der Waals surface area contributed by atoms with Crippen molar-refractivity contribution < 1.29 is 19.1 Å². The maximum absolute atomic E-state index is 12.6. The smallest absolute Gasteiger partial charge is 0.246 e. The number of para-hydroxylation sites is 1. The summed E-state index contributed by atoms with van der Waals surface area (Å²) in [6.45, 7) is 3.70. The standard InChI is InChI=1S/C24H25Cl2N3O4/c25-18-4-1-2-5-20(18)27-22(30)16-28-8-10-29(11-9-28)23(31)7-6-17-14-19(26)24-21(15-17)32-12-3-13-33-24/h1-2,4-7,14-15H,3,8-13,16H2,(H,27,30)/b7-6+. The van der Waals surface area contributed by atoms with Crippen LogP contribution in [0, 0.1) is 0 Å². The molecule has 33 heavy (non-hydrogen) atoms. The summed E-state index contributed by atoms with van der Waals surface area (Å²) in [6.07, 6.45) is 4.06. The number of nitrogens with zero attached hydrogens (tertiary/aromatic N) is 2. The highest BCUT2D eigenvalue weighted by molar-refractivity contribution is 6.33. The van der Waals surface area contributed by atoms with Crippen LogP contribution in [0.1, 0.15) is 12.0 Å². The second kappa shape index (κ2) is 10.9. The highest BCUT2D eigenvalue weighted by atomic mass is 35.5. The molecule has 2 heterocycles. The van der Waals surface area contributed by atoms with Crippen LogP contribution in [-0.2, 0) is 9.59 Å². The average molecular weight is 490 g/mol. The van der Waals surface area contributed by atoms with Crippen LogP contribution in [0.15, 0.2) is 42.5 Å². The van der Waals surface area contributed by atoms with Gasteiger partial charge in [-0.3, -0.25) is 14.5 Å². The van der Waals surface area contributed by atoms with E-state index in [1.165, 1.54) is 6.08 Å². The maximum atomic E-state index is 12.6. The van der Waals surface area contributed by atoms with Crippen molar-refractivity contribution in [2.45, 2.75) is 6.42 Å². The third-order valence-corrected chi connectivity index (χ3v) is 6.05. The van der Waals surface area contributed by atoms with Gasteiger partial charge < -0.3 is 19.7 Å². The first-order chi connectivity index (χ1) is 16.0. The van der Waals surface area contributed by atoms with Crippen LogP contribution in [0.3, 0.4) is 0 Å². The number of carbonyl (C=O) groups is 2. The van der Waals surface area contributed by atoms with Crippen molar-refractivity contribution in [3.8, 4) is 11.5 Å². The van der Waals surface area contributed by atoms with E-state index >= 15 is 0 Å². The van der Waals surface area contributed by atoms with Gasteiger partial charge in [0.2, 0.25) is 11.8 Å². The minimum Gasteiger partial charge on any atom is -0.489 e. The molecule has 1 saturated heterocycles. The molecule has 2 aromatic carbocycles. The largest absolute Gasteiger partial charge is 0.489 e. The molecular weight excluding hydrogens is 465 g/mol. The molecule has 2 aromatic rings. The van der Waals surface area contributed by atoms with Crippen molar-refractivity contribution in [3.05, 3.63) is 58.1 Å². The molecule has 0 radical (unpaired) electrons. The zero-order valence-corrected chi connectivity index (χ0v) is 19.6. The normalized spacial score (nSPS) is 16.5. The molecule has 2 aliphatic heterocycles. The first-order valence-corrected chi connectivity index (χ1v) is 11.6. The number of benzene rings is 2. The molecule has 2 aliphatic rings. The fourth-order valence-corrected chi connectivity index (χ4v) is 4.16. The van der Waals surface area contributed by atoms with E-state index in [2.05, 4.69) is 5.32 Å². The van der Waals surface area contributed by atoms with Gasteiger partial charge >= 0.3 is 0 Å². The molecule has 0 bridgehead atoms. The molecule has 0 unspecified atom stereocenters. The molecule has 174 valence electrons. The number of rotatable bonds is 5. The lowest BCUT2D eigenvalue weighted by Gasteiger charge is -2.33. The van der Waals surface area contributed by atoms with E-state index in [9.17, 15) is 9.59 Å². The number of fused-ring (bicyclic) bond motifs is 1. The van der Waals surface area contributed by atoms with Gasteiger partial charge in [0.05, 0.1) is 35.5 Å². The predicted molar refractivity (Wildman–Crippen MR) is 129 cm³/mol. The Bertz CT molecular complexity index is 1050. The predicted octanol–water partition coefficient (Wildman–Crippen LogP) is 3.95. The highest BCUT2D eigenvalue weighted by Gasteiger charge is 2.22. The lowest BCUT2D eigenvalue weighted by molar-refractivity contribution is -0.127. The quantitative estimate of drug-likeness (QED) is 0.643. The van der Waals surface area contributed by atoms with Gasteiger partial charge in [-0.25, -0.2) is 0 Å². The van der Waals surface area contributed by atoms with Crippen molar-refractivity contribution >= 4 is 46.8 Å². The van der Waals surface area contributed by atoms with Gasteiger partial charge in [0.15, 0.2) is 11.5 Å². The Morgan fingerprint density at radius 1 is 1.00 bits per heavy atom. The van der Waals surface area contributed by atoms with E-state index in [1.54, 1.807) is 29.2 Å². The number of nitrogens with one attached hydrogen (secondary N) is 1. The monoisotopic (exact) mass is 489 g/mol. The number of amides is 2. The molecule has 9 heteroatoms. The van der Waals surface area contributed by atoms with E-state index in [0.717, 1.165) is 12.0 Å². The van der Waals surface area contributed by atoms with Crippen LogP contribution in [0.4, 0.5) is 5.69 Å². The van der Waals surface area contributed by atoms with Crippen LogP contribution < -0.4 is 14.8 Å². The van der Waals surface area contributed by atoms with Crippen molar-refractivity contribution in [1.29, 1.82) is 0 Å². The van der Waals surface area contributed by atoms with E-state index < -0.39 is 0 Å². The Morgan fingerprint density at radius 2 is 1.76 bits per heavy atom. The van der Waals surface area contributed by atoms with Crippen LogP contribution in [0.2, 0.25) is 10.0 Å². The second-order valence-corrected chi connectivity index (χ2v) is 8.66. The van der Waals surface area contributed by atoms with Gasteiger partial charge in [-0.05, 0) is 35.9 Å². The molecule has 0 spiro atoms. The number of halogens is 2. The highest BCUT2D eigenvalue weighted by Crippen LogP contribution is 2.38. The molecule has 2 amide bonds. The first kappa shape index (κ1) is 23.4. The number of ether oxygens (including phenoxy) is 2. The Morgan fingerprint density at radius 3 is 2.55 bits per heavy atom. The average Bonchev–Trinajstić information content (AvgIpc) is 3.05. The Hall–Kier alpha value is -2.74. The molecule has 0 aromatic heterocycles. The number of hydrogen-bond acceptors (Lipinski definition) is 5. The fraction of sp³-hybridized carbons (Fsp3) is 0.333. The Balaban J connectivity index is 1.28. The third-order valence-electron chi connectivity index (χ3n) is 5.44. The van der Waals surface area contributed by atoms with Gasteiger partial charge in [0.25, 0.3) is 0 Å². The molecular formula is C24H25Cl2N3O4. The summed E-state index contributed by atoms with van der Waals surface area (Å²) < 4.78 is 11.3. The number of hydrogen-bond donors (Lipinski definition) is 1. The van der Waals surface area contributed by atoms with E-state index in [4.69, 9.17) is 32.7 Å². The molecule has 1 N–H and O–H groups in total. The zero-order chi connectivity index (χ0) is 23.2. The zero-order valence-electron chi connectivity index (χ0n) is 18.1. The van der Waals surface area contributed by atoms with Crippen molar-refractivity contribution in [2.75, 3.05) is 51.3 Å². The lowest BCUT2D eigenvalue weighted by Crippen LogP contribution is -2.50. The molecule has 4 rings (SSSR count). The van der Waals surface area contributed by atoms with Gasteiger partial charge in [-0.15, -0.1) is 0 Å². The van der Waals surface area contributed by atoms with E-state index in [0.29, 0.717) is 66.6 Å². The topological polar surface area (TPSA) is 71.1 Å². The molecule has 0 aliphatic carbocycles.